The predicted molar refractivity (Wildman–Crippen MR) is 68.2 cm³/mol. The number of fused-ring (bicyclic) bond motifs is 3. The number of hydrogen-bond acceptors (Lipinski definition) is 4. The maximum atomic E-state index is 12.1. The molecule has 1 aliphatic carbocycles. The second kappa shape index (κ2) is 5.15. The average molecular weight is 253 g/mol. The van der Waals surface area contributed by atoms with E-state index in [-0.39, 0.29) is 11.8 Å². The van der Waals surface area contributed by atoms with Gasteiger partial charge in [0.1, 0.15) is 0 Å². The van der Waals surface area contributed by atoms with Crippen LogP contribution in [0.2, 0.25) is 0 Å². The molecular weight excluding hydrogens is 230 g/mol. The van der Waals surface area contributed by atoms with E-state index in [1.807, 2.05) is 0 Å². The summed E-state index contributed by atoms with van der Waals surface area (Å²) in [5, 5.41) is 10.1. The Labute approximate surface area is 108 Å². The van der Waals surface area contributed by atoms with Gasteiger partial charge in [-0.15, -0.1) is 0 Å². The molecule has 3 N–H and O–H groups in total. The van der Waals surface area contributed by atoms with Crippen LogP contribution in [0.25, 0.3) is 0 Å². The highest BCUT2D eigenvalue weighted by atomic mass is 16.5. The summed E-state index contributed by atoms with van der Waals surface area (Å²) in [7, 11) is 1.80. The first-order chi connectivity index (χ1) is 8.79. The third-order valence-electron chi connectivity index (χ3n) is 4.82. The number of rotatable bonds is 1. The van der Waals surface area contributed by atoms with Crippen molar-refractivity contribution in [2.75, 3.05) is 26.7 Å². The molecule has 2 aliphatic heterocycles. The molecule has 0 aromatic heterocycles. The number of carbonyl (C=O) groups is 1. The van der Waals surface area contributed by atoms with E-state index in [9.17, 15) is 4.79 Å². The van der Waals surface area contributed by atoms with Gasteiger partial charge in [-0.05, 0) is 25.2 Å². The Bertz CT molecular complexity index is 323. The predicted octanol–water partition coefficient (Wildman–Crippen LogP) is -0.522. The molecule has 2 saturated heterocycles. The molecule has 5 unspecified atom stereocenters. The summed E-state index contributed by atoms with van der Waals surface area (Å²) >= 11 is 0. The van der Waals surface area contributed by atoms with Gasteiger partial charge in [0.05, 0.1) is 12.0 Å². The molecule has 5 atom stereocenters. The van der Waals surface area contributed by atoms with Crippen LogP contribution in [-0.2, 0) is 9.53 Å². The van der Waals surface area contributed by atoms with Crippen molar-refractivity contribution in [1.29, 1.82) is 0 Å². The van der Waals surface area contributed by atoms with Crippen molar-refractivity contribution in [3.05, 3.63) is 0 Å². The van der Waals surface area contributed by atoms with Gasteiger partial charge in [-0.25, -0.2) is 0 Å². The highest BCUT2D eigenvalue weighted by Gasteiger charge is 2.45. The van der Waals surface area contributed by atoms with Crippen LogP contribution in [0.15, 0.2) is 0 Å². The average Bonchev–Trinajstić information content (AvgIpc) is 2.60. The molecule has 3 fully saturated rings. The molecule has 0 radical (unpaired) electrons. The smallest absolute Gasteiger partial charge is 0.226 e. The summed E-state index contributed by atoms with van der Waals surface area (Å²) < 4.78 is 5.52. The van der Waals surface area contributed by atoms with Gasteiger partial charge in [-0.3, -0.25) is 4.79 Å². The lowest BCUT2D eigenvalue weighted by Gasteiger charge is -2.46. The summed E-state index contributed by atoms with van der Waals surface area (Å²) in [6.07, 6.45) is 3.72. The van der Waals surface area contributed by atoms with E-state index in [4.69, 9.17) is 4.74 Å². The molecule has 18 heavy (non-hydrogen) atoms. The zero-order chi connectivity index (χ0) is 12.5. The van der Waals surface area contributed by atoms with Gasteiger partial charge in [-0.1, -0.05) is 0 Å². The van der Waals surface area contributed by atoms with Crippen molar-refractivity contribution in [2.24, 2.45) is 11.8 Å². The van der Waals surface area contributed by atoms with Gasteiger partial charge >= 0.3 is 0 Å². The fourth-order valence-electron chi connectivity index (χ4n) is 3.84. The van der Waals surface area contributed by atoms with Crippen molar-refractivity contribution in [3.63, 3.8) is 0 Å². The highest BCUT2D eigenvalue weighted by Crippen LogP contribution is 2.34. The summed E-state index contributed by atoms with van der Waals surface area (Å²) in [5.41, 5.74) is 0. The minimum Gasteiger partial charge on any atom is -0.381 e. The number of piperidine rings is 1. The molecule has 3 rings (SSSR count). The van der Waals surface area contributed by atoms with E-state index in [0.717, 1.165) is 38.9 Å². The van der Waals surface area contributed by atoms with Crippen molar-refractivity contribution in [3.8, 4) is 0 Å². The Kier molecular flexibility index (Phi) is 3.54. The molecule has 3 aliphatic rings. The molecule has 1 amide bonds. The molecule has 102 valence electrons. The molecular formula is C13H23N3O2. The lowest BCUT2D eigenvalue weighted by Crippen LogP contribution is -2.62. The van der Waals surface area contributed by atoms with E-state index >= 15 is 0 Å². The third kappa shape index (κ3) is 2.15. The van der Waals surface area contributed by atoms with Crippen LogP contribution in [0.3, 0.4) is 0 Å². The van der Waals surface area contributed by atoms with Gasteiger partial charge in [-0.2, -0.15) is 0 Å². The molecule has 0 aromatic rings. The summed E-state index contributed by atoms with van der Waals surface area (Å²) in [6.45, 7) is 2.44. The topological polar surface area (TPSA) is 62.4 Å². The summed E-state index contributed by atoms with van der Waals surface area (Å²) in [6, 6.07) is 0.868. The van der Waals surface area contributed by atoms with E-state index in [1.165, 1.54) is 0 Å². The second-order valence-corrected chi connectivity index (χ2v) is 5.73. The van der Waals surface area contributed by atoms with E-state index in [2.05, 4.69) is 16.0 Å². The lowest BCUT2D eigenvalue weighted by molar-refractivity contribution is -0.127. The molecule has 2 heterocycles. The van der Waals surface area contributed by atoms with Crippen molar-refractivity contribution in [1.82, 2.24) is 16.0 Å². The van der Waals surface area contributed by atoms with Crippen LogP contribution in [-0.4, -0.2) is 50.8 Å². The van der Waals surface area contributed by atoms with E-state index in [0.29, 0.717) is 24.1 Å². The Morgan fingerprint density at radius 2 is 2.11 bits per heavy atom. The highest BCUT2D eigenvalue weighted by molar-refractivity contribution is 5.80. The number of hydrogen-bond donors (Lipinski definition) is 3. The maximum absolute atomic E-state index is 12.1. The quantitative estimate of drug-likeness (QED) is 0.588. The zero-order valence-corrected chi connectivity index (χ0v) is 10.9. The van der Waals surface area contributed by atoms with Crippen molar-refractivity contribution in [2.45, 2.75) is 37.5 Å². The Balaban J connectivity index is 1.78. The van der Waals surface area contributed by atoms with Gasteiger partial charge in [0.2, 0.25) is 5.91 Å². The summed E-state index contributed by atoms with van der Waals surface area (Å²) in [4.78, 5) is 12.1. The van der Waals surface area contributed by atoms with Gasteiger partial charge < -0.3 is 20.7 Å². The summed E-state index contributed by atoms with van der Waals surface area (Å²) in [5.74, 6) is 0.797. The molecule has 5 heteroatoms. The minimum absolute atomic E-state index is 0.0735. The number of amides is 1. The lowest BCUT2D eigenvalue weighted by atomic mass is 9.71. The fourth-order valence-corrected chi connectivity index (χ4v) is 3.84. The van der Waals surface area contributed by atoms with Crippen LogP contribution < -0.4 is 16.0 Å². The Hall–Kier alpha value is -0.650. The first-order valence-corrected chi connectivity index (χ1v) is 7.07. The fraction of sp³-hybridized carbons (Fsp3) is 0.923. The third-order valence-corrected chi connectivity index (χ3v) is 4.82. The standard InChI is InChI=1S/C13H23N3O2/c1-18-8-2-3-11-9(6-8)12-10(7-16-11)13(17)15-5-4-14-12/h8-12,14,16H,2-7H2,1H3,(H,15,17). The molecule has 1 saturated carbocycles. The normalized spacial score (nSPS) is 44.5. The van der Waals surface area contributed by atoms with Crippen molar-refractivity contribution < 1.29 is 9.53 Å². The zero-order valence-electron chi connectivity index (χ0n) is 10.9. The second-order valence-electron chi connectivity index (χ2n) is 5.73. The first-order valence-electron chi connectivity index (χ1n) is 7.07. The molecule has 0 bridgehead atoms. The van der Waals surface area contributed by atoms with Crippen LogP contribution in [0, 0.1) is 11.8 Å². The Morgan fingerprint density at radius 3 is 2.94 bits per heavy atom. The van der Waals surface area contributed by atoms with E-state index in [1.54, 1.807) is 7.11 Å². The van der Waals surface area contributed by atoms with Crippen LogP contribution in [0.5, 0.6) is 0 Å². The van der Waals surface area contributed by atoms with Crippen molar-refractivity contribution >= 4 is 5.91 Å². The van der Waals surface area contributed by atoms with Crippen LogP contribution in [0.1, 0.15) is 19.3 Å². The van der Waals surface area contributed by atoms with Crippen LogP contribution in [0.4, 0.5) is 0 Å². The molecule has 5 nitrogen and oxygen atoms in total. The largest absolute Gasteiger partial charge is 0.381 e. The van der Waals surface area contributed by atoms with E-state index < -0.39 is 0 Å². The SMILES string of the molecule is COC1CCC2NCC3C(=O)NCCNC3C2C1. The van der Waals surface area contributed by atoms with Gasteiger partial charge in [0.15, 0.2) is 0 Å². The van der Waals surface area contributed by atoms with Crippen LogP contribution >= 0.6 is 0 Å². The maximum Gasteiger partial charge on any atom is 0.226 e. The molecule has 0 spiro atoms. The van der Waals surface area contributed by atoms with Gasteiger partial charge in [0, 0.05) is 38.8 Å². The first kappa shape index (κ1) is 12.4. The Morgan fingerprint density at radius 1 is 1.22 bits per heavy atom. The molecule has 0 aromatic carbocycles. The monoisotopic (exact) mass is 253 g/mol. The number of ether oxygens (including phenoxy) is 1. The number of methoxy groups -OCH3 is 1. The number of carbonyl (C=O) groups excluding carboxylic acids is 1. The van der Waals surface area contributed by atoms with Gasteiger partial charge in [0.25, 0.3) is 0 Å². The number of nitrogens with one attached hydrogen (secondary N) is 3. The minimum atomic E-state index is 0.0735.